The number of para-hydroxylation sites is 1. The molecule has 6 heteroatoms. The lowest BCUT2D eigenvalue weighted by Gasteiger charge is -2.15. The number of aromatic nitrogens is 1. The molecule has 0 aliphatic heterocycles. The van der Waals surface area contributed by atoms with Gasteiger partial charge in [0.15, 0.2) is 5.96 Å². The van der Waals surface area contributed by atoms with E-state index in [1.54, 1.807) is 18.4 Å². The van der Waals surface area contributed by atoms with Gasteiger partial charge in [-0.2, -0.15) is 0 Å². The summed E-state index contributed by atoms with van der Waals surface area (Å²) < 4.78 is 5.45. The number of aliphatic imine (C=N–C) groups is 1. The number of rotatable bonds is 8. The average Bonchev–Trinajstić information content (AvgIpc) is 3.04. The Kier molecular flexibility index (Phi) is 7.73. The Morgan fingerprint density at radius 3 is 2.80 bits per heavy atom. The van der Waals surface area contributed by atoms with E-state index < -0.39 is 0 Å². The molecule has 2 N–H and O–H groups in total. The van der Waals surface area contributed by atoms with Gasteiger partial charge in [0.25, 0.3) is 0 Å². The first kappa shape index (κ1) is 19.2. The summed E-state index contributed by atoms with van der Waals surface area (Å²) in [6, 6.07) is 8.13. The van der Waals surface area contributed by atoms with Crippen molar-refractivity contribution in [2.45, 2.75) is 33.1 Å². The molecule has 0 aliphatic rings. The highest BCUT2D eigenvalue weighted by Crippen LogP contribution is 2.26. The molecule has 0 spiro atoms. The molecule has 1 atom stereocenters. The van der Waals surface area contributed by atoms with Gasteiger partial charge in [0.05, 0.1) is 12.1 Å². The van der Waals surface area contributed by atoms with Crippen LogP contribution in [0.3, 0.4) is 0 Å². The Labute approximate surface area is 154 Å². The molecule has 0 saturated heterocycles. The van der Waals surface area contributed by atoms with Crippen LogP contribution in [-0.2, 0) is 6.42 Å². The lowest BCUT2D eigenvalue weighted by atomic mass is 10.0. The van der Waals surface area contributed by atoms with Crippen molar-refractivity contribution in [3.05, 3.63) is 45.9 Å². The number of guanidine groups is 1. The molecule has 0 amide bonds. The number of hydrogen-bond acceptors (Lipinski definition) is 4. The number of methoxy groups -OCH3 is 1. The van der Waals surface area contributed by atoms with Crippen molar-refractivity contribution in [3.63, 3.8) is 0 Å². The Morgan fingerprint density at radius 1 is 1.32 bits per heavy atom. The van der Waals surface area contributed by atoms with Crippen molar-refractivity contribution in [2.75, 3.05) is 26.7 Å². The zero-order valence-electron chi connectivity index (χ0n) is 15.5. The largest absolute Gasteiger partial charge is 0.496 e. The zero-order chi connectivity index (χ0) is 18.1. The lowest BCUT2D eigenvalue weighted by Crippen LogP contribution is -2.38. The molecular weight excluding hydrogens is 332 g/mol. The molecule has 1 unspecified atom stereocenters. The molecular formula is C19H28N4OS. The molecule has 1 aromatic heterocycles. The second kappa shape index (κ2) is 10.0. The van der Waals surface area contributed by atoms with E-state index in [2.05, 4.69) is 42.5 Å². The maximum Gasteiger partial charge on any atom is 0.191 e. The summed E-state index contributed by atoms with van der Waals surface area (Å²) in [6.07, 6.45) is 2.83. The predicted octanol–water partition coefficient (Wildman–Crippen LogP) is 3.36. The number of ether oxygens (including phenoxy) is 1. The highest BCUT2D eigenvalue weighted by Gasteiger charge is 2.10. The number of nitrogens with one attached hydrogen (secondary N) is 2. The van der Waals surface area contributed by atoms with Crippen LogP contribution in [0, 0.1) is 6.92 Å². The molecule has 136 valence electrons. The van der Waals surface area contributed by atoms with E-state index in [0.717, 1.165) is 36.2 Å². The van der Waals surface area contributed by atoms with Crippen LogP contribution >= 0.6 is 11.3 Å². The molecule has 0 saturated carbocycles. The first-order chi connectivity index (χ1) is 12.1. The summed E-state index contributed by atoms with van der Waals surface area (Å²) in [7, 11) is 1.71. The summed E-state index contributed by atoms with van der Waals surface area (Å²) in [5, 5.41) is 7.84. The molecule has 0 fully saturated rings. The maximum absolute atomic E-state index is 5.45. The van der Waals surface area contributed by atoms with E-state index in [9.17, 15) is 0 Å². The number of thiazole rings is 1. The minimum atomic E-state index is 0.285. The molecule has 0 aliphatic carbocycles. The second-order valence-corrected chi connectivity index (χ2v) is 7.22. The van der Waals surface area contributed by atoms with Crippen LogP contribution < -0.4 is 15.4 Å². The Morgan fingerprint density at radius 2 is 2.12 bits per heavy atom. The van der Waals surface area contributed by atoms with Gasteiger partial charge in [0, 0.05) is 43.0 Å². The van der Waals surface area contributed by atoms with Crippen LogP contribution in [0.2, 0.25) is 0 Å². The molecule has 2 rings (SSSR count). The lowest BCUT2D eigenvalue weighted by molar-refractivity contribution is 0.407. The predicted molar refractivity (Wildman–Crippen MR) is 106 cm³/mol. The van der Waals surface area contributed by atoms with Gasteiger partial charge in [-0.1, -0.05) is 25.1 Å². The van der Waals surface area contributed by atoms with E-state index in [1.807, 2.05) is 24.4 Å². The van der Waals surface area contributed by atoms with Gasteiger partial charge in [0.1, 0.15) is 5.75 Å². The number of hydrogen-bond donors (Lipinski definition) is 2. The fourth-order valence-electron chi connectivity index (χ4n) is 2.55. The van der Waals surface area contributed by atoms with Gasteiger partial charge in [-0.3, -0.25) is 4.99 Å². The minimum absolute atomic E-state index is 0.285. The molecule has 0 radical (unpaired) electrons. The Hall–Kier alpha value is -2.08. The smallest absolute Gasteiger partial charge is 0.191 e. The third kappa shape index (κ3) is 6.05. The van der Waals surface area contributed by atoms with Crippen molar-refractivity contribution in [3.8, 4) is 5.75 Å². The number of nitrogens with zero attached hydrogens (tertiary/aromatic N) is 2. The van der Waals surface area contributed by atoms with Gasteiger partial charge in [-0.15, -0.1) is 11.3 Å². The van der Waals surface area contributed by atoms with Crippen LogP contribution in [-0.4, -0.2) is 37.7 Å². The molecule has 5 nitrogen and oxygen atoms in total. The summed E-state index contributed by atoms with van der Waals surface area (Å²) in [6.45, 7) is 8.69. The van der Waals surface area contributed by atoms with Crippen LogP contribution in [0.4, 0.5) is 0 Å². The van der Waals surface area contributed by atoms with Crippen molar-refractivity contribution >= 4 is 17.3 Å². The van der Waals surface area contributed by atoms with Gasteiger partial charge in [0.2, 0.25) is 0 Å². The monoisotopic (exact) mass is 360 g/mol. The Balaban J connectivity index is 1.91. The second-order valence-electron chi connectivity index (χ2n) is 5.90. The van der Waals surface area contributed by atoms with Crippen molar-refractivity contribution in [1.29, 1.82) is 0 Å². The third-order valence-electron chi connectivity index (χ3n) is 3.84. The van der Waals surface area contributed by atoms with Crippen LogP contribution in [0.5, 0.6) is 5.75 Å². The standard InChI is InChI=1S/C19H28N4OS/c1-5-20-19(21-11-10-18-22-13-15(3)25-18)23-12-14(2)16-8-6-7-9-17(16)24-4/h6-9,13-14H,5,10-12H2,1-4H3,(H2,20,21,23). The van der Waals surface area contributed by atoms with Crippen LogP contribution in [0.15, 0.2) is 35.5 Å². The van der Waals surface area contributed by atoms with Crippen molar-refractivity contribution < 1.29 is 4.74 Å². The van der Waals surface area contributed by atoms with Gasteiger partial charge >= 0.3 is 0 Å². The molecule has 2 aromatic rings. The van der Waals surface area contributed by atoms with E-state index in [-0.39, 0.29) is 5.92 Å². The van der Waals surface area contributed by atoms with Crippen LogP contribution in [0.25, 0.3) is 0 Å². The normalized spacial score (nSPS) is 12.7. The summed E-state index contributed by atoms with van der Waals surface area (Å²) >= 11 is 1.75. The molecule has 25 heavy (non-hydrogen) atoms. The van der Waals surface area contributed by atoms with E-state index >= 15 is 0 Å². The quantitative estimate of drug-likeness (QED) is 0.560. The highest BCUT2D eigenvalue weighted by atomic mass is 32.1. The van der Waals surface area contributed by atoms with Gasteiger partial charge in [-0.05, 0) is 25.5 Å². The molecule has 1 heterocycles. The molecule has 1 aromatic carbocycles. The first-order valence-corrected chi connectivity index (χ1v) is 9.52. The fourth-order valence-corrected chi connectivity index (χ4v) is 3.33. The summed E-state index contributed by atoms with van der Waals surface area (Å²) in [4.78, 5) is 10.4. The van der Waals surface area contributed by atoms with E-state index in [1.165, 1.54) is 10.4 Å². The van der Waals surface area contributed by atoms with Crippen molar-refractivity contribution in [1.82, 2.24) is 15.6 Å². The van der Waals surface area contributed by atoms with Gasteiger partial charge < -0.3 is 15.4 Å². The average molecular weight is 361 g/mol. The Bertz CT molecular complexity index is 684. The number of aryl methyl sites for hydroxylation is 1. The first-order valence-electron chi connectivity index (χ1n) is 8.70. The summed E-state index contributed by atoms with van der Waals surface area (Å²) in [5.74, 6) is 2.05. The third-order valence-corrected chi connectivity index (χ3v) is 4.81. The minimum Gasteiger partial charge on any atom is -0.496 e. The van der Waals surface area contributed by atoms with E-state index in [0.29, 0.717) is 6.54 Å². The van der Waals surface area contributed by atoms with E-state index in [4.69, 9.17) is 9.73 Å². The fraction of sp³-hybridized carbons (Fsp3) is 0.474. The van der Waals surface area contributed by atoms with Crippen LogP contribution in [0.1, 0.15) is 35.2 Å². The topological polar surface area (TPSA) is 58.5 Å². The van der Waals surface area contributed by atoms with Gasteiger partial charge in [-0.25, -0.2) is 4.98 Å². The highest BCUT2D eigenvalue weighted by molar-refractivity contribution is 7.11. The maximum atomic E-state index is 5.45. The summed E-state index contributed by atoms with van der Waals surface area (Å²) in [5.41, 5.74) is 1.18. The molecule has 0 bridgehead atoms. The number of benzene rings is 1. The zero-order valence-corrected chi connectivity index (χ0v) is 16.3. The van der Waals surface area contributed by atoms with Crippen molar-refractivity contribution in [2.24, 2.45) is 4.99 Å². The SMILES string of the molecule is CCNC(=NCC(C)c1ccccc1OC)NCCc1ncc(C)s1.